The van der Waals surface area contributed by atoms with E-state index in [4.69, 9.17) is 38.8 Å². The molecule has 0 bridgehead atoms. The highest BCUT2D eigenvalue weighted by Gasteiger charge is 2.16. The normalized spacial score (nSPS) is 11.5. The van der Waals surface area contributed by atoms with Crippen molar-refractivity contribution in [1.82, 2.24) is 4.98 Å². The molecule has 130 valence electrons. The van der Waals surface area contributed by atoms with Crippen molar-refractivity contribution in [3.63, 3.8) is 0 Å². The van der Waals surface area contributed by atoms with Gasteiger partial charge < -0.3 is 15.6 Å². The van der Waals surface area contributed by atoms with Gasteiger partial charge in [0.05, 0.1) is 16.5 Å². The molecule has 8 heteroatoms. The fourth-order valence-corrected chi connectivity index (χ4v) is 2.46. The highest BCUT2D eigenvalue weighted by Crippen LogP contribution is 2.31. The van der Waals surface area contributed by atoms with Gasteiger partial charge in [-0.15, -0.1) is 12.4 Å². The molecule has 3 N–H and O–H groups in total. The SMILES string of the molecule is Cl.NC[C@H](CC(=O)O)c1ccc(Cl)c(OCc2ccncc2Cl)c1. The Morgan fingerprint density at radius 3 is 2.67 bits per heavy atom. The third kappa shape index (κ3) is 5.53. The summed E-state index contributed by atoms with van der Waals surface area (Å²) >= 11 is 12.2. The second-order valence-electron chi connectivity index (χ2n) is 4.98. The lowest BCUT2D eigenvalue weighted by atomic mass is 9.96. The van der Waals surface area contributed by atoms with Gasteiger partial charge in [-0.05, 0) is 30.3 Å². The number of benzene rings is 1. The van der Waals surface area contributed by atoms with Gasteiger partial charge in [0.2, 0.25) is 0 Å². The summed E-state index contributed by atoms with van der Waals surface area (Å²) in [7, 11) is 0. The number of carboxylic acids is 1. The zero-order chi connectivity index (χ0) is 16.8. The second kappa shape index (κ2) is 9.69. The quantitative estimate of drug-likeness (QED) is 0.747. The summed E-state index contributed by atoms with van der Waals surface area (Å²) in [6, 6.07) is 6.91. The molecule has 0 aliphatic rings. The summed E-state index contributed by atoms with van der Waals surface area (Å²) in [5.74, 6) is -0.737. The maximum atomic E-state index is 10.9. The molecule has 0 saturated carbocycles. The molecule has 1 heterocycles. The third-order valence-corrected chi connectivity index (χ3v) is 4.02. The number of aromatic nitrogens is 1. The first-order valence-corrected chi connectivity index (χ1v) is 7.69. The van der Waals surface area contributed by atoms with Gasteiger partial charge in [-0.2, -0.15) is 0 Å². The molecule has 2 rings (SSSR count). The van der Waals surface area contributed by atoms with E-state index < -0.39 is 5.97 Å². The molecule has 1 aromatic carbocycles. The molecule has 0 spiro atoms. The average Bonchev–Trinajstić information content (AvgIpc) is 2.53. The number of aliphatic carboxylic acids is 1. The molecule has 1 atom stereocenters. The molecule has 2 aromatic rings. The fraction of sp³-hybridized carbons (Fsp3) is 0.250. The Kier molecular flexibility index (Phi) is 8.28. The van der Waals surface area contributed by atoms with Crippen molar-refractivity contribution in [2.75, 3.05) is 6.54 Å². The van der Waals surface area contributed by atoms with Gasteiger partial charge in [0.1, 0.15) is 12.4 Å². The zero-order valence-corrected chi connectivity index (χ0v) is 14.9. The summed E-state index contributed by atoms with van der Waals surface area (Å²) in [6.45, 7) is 0.459. The van der Waals surface area contributed by atoms with E-state index in [1.54, 1.807) is 30.5 Å². The third-order valence-electron chi connectivity index (χ3n) is 3.37. The van der Waals surface area contributed by atoms with E-state index in [-0.39, 0.29) is 37.9 Å². The Morgan fingerprint density at radius 2 is 2.04 bits per heavy atom. The van der Waals surface area contributed by atoms with Crippen LogP contribution in [0.5, 0.6) is 5.75 Å². The minimum absolute atomic E-state index is 0. The lowest BCUT2D eigenvalue weighted by Crippen LogP contribution is -2.16. The topological polar surface area (TPSA) is 85.4 Å². The Balaban J connectivity index is 0.00000288. The van der Waals surface area contributed by atoms with Crippen LogP contribution in [0.3, 0.4) is 0 Å². The number of ether oxygens (including phenoxy) is 1. The first kappa shape index (κ1) is 20.5. The molecule has 24 heavy (non-hydrogen) atoms. The van der Waals surface area contributed by atoms with E-state index in [1.807, 2.05) is 0 Å². The maximum Gasteiger partial charge on any atom is 0.304 e. The van der Waals surface area contributed by atoms with Gasteiger partial charge in [0, 0.05) is 23.9 Å². The van der Waals surface area contributed by atoms with Gasteiger partial charge in [0.15, 0.2) is 0 Å². The van der Waals surface area contributed by atoms with E-state index in [2.05, 4.69) is 4.98 Å². The van der Waals surface area contributed by atoms with Crippen LogP contribution in [0.1, 0.15) is 23.5 Å². The summed E-state index contributed by atoms with van der Waals surface area (Å²) < 4.78 is 5.71. The van der Waals surface area contributed by atoms with Crippen molar-refractivity contribution in [3.8, 4) is 5.75 Å². The minimum atomic E-state index is -0.901. The number of carbonyl (C=O) groups is 1. The van der Waals surface area contributed by atoms with Crippen LogP contribution >= 0.6 is 35.6 Å². The molecule has 0 aliphatic heterocycles. The predicted molar refractivity (Wildman–Crippen MR) is 96.3 cm³/mol. The van der Waals surface area contributed by atoms with Gasteiger partial charge in [0.25, 0.3) is 0 Å². The van der Waals surface area contributed by atoms with Gasteiger partial charge >= 0.3 is 5.97 Å². The second-order valence-corrected chi connectivity index (χ2v) is 5.79. The van der Waals surface area contributed by atoms with Crippen LogP contribution in [0.4, 0.5) is 0 Å². The zero-order valence-electron chi connectivity index (χ0n) is 12.6. The van der Waals surface area contributed by atoms with Crippen LogP contribution in [0.2, 0.25) is 10.0 Å². The van der Waals surface area contributed by atoms with Gasteiger partial charge in [-0.25, -0.2) is 0 Å². The van der Waals surface area contributed by atoms with E-state index in [0.717, 1.165) is 11.1 Å². The molecular formula is C16H17Cl3N2O3. The van der Waals surface area contributed by atoms with Crippen molar-refractivity contribution in [3.05, 3.63) is 57.8 Å². The minimum Gasteiger partial charge on any atom is -0.487 e. The molecule has 0 amide bonds. The lowest BCUT2D eigenvalue weighted by molar-refractivity contribution is -0.137. The summed E-state index contributed by atoms with van der Waals surface area (Å²) in [6.07, 6.45) is 3.11. The first-order valence-electron chi connectivity index (χ1n) is 6.93. The highest BCUT2D eigenvalue weighted by molar-refractivity contribution is 6.32. The standard InChI is InChI=1S/C16H16Cl2N2O3.ClH/c17-13-2-1-10(12(7-19)6-16(21)22)5-15(13)23-9-11-3-4-20-8-14(11)18;/h1-5,8,12H,6-7,9,19H2,(H,21,22);1H/t12-;/m0./s1. The van der Waals surface area contributed by atoms with Crippen LogP contribution < -0.4 is 10.5 Å². The van der Waals surface area contributed by atoms with Gasteiger partial charge in [-0.1, -0.05) is 29.3 Å². The number of carboxylic acid groups (broad SMARTS) is 1. The summed E-state index contributed by atoms with van der Waals surface area (Å²) in [5.41, 5.74) is 7.22. The van der Waals surface area contributed by atoms with Crippen molar-refractivity contribution in [2.24, 2.45) is 5.73 Å². The Hall–Kier alpha value is -1.53. The van der Waals surface area contributed by atoms with Crippen molar-refractivity contribution in [1.29, 1.82) is 0 Å². The average molecular weight is 392 g/mol. The fourth-order valence-electron chi connectivity index (χ4n) is 2.11. The molecule has 0 fully saturated rings. The number of nitrogens with two attached hydrogens (primary N) is 1. The Labute approximate surface area is 156 Å². The number of hydrogen-bond donors (Lipinski definition) is 2. The number of nitrogens with zero attached hydrogens (tertiary/aromatic N) is 1. The molecule has 0 aliphatic carbocycles. The van der Waals surface area contributed by atoms with Crippen molar-refractivity contribution >= 4 is 41.6 Å². The van der Waals surface area contributed by atoms with E-state index >= 15 is 0 Å². The van der Waals surface area contributed by atoms with Crippen LogP contribution in [-0.2, 0) is 11.4 Å². The Morgan fingerprint density at radius 1 is 1.29 bits per heavy atom. The molecule has 0 saturated heterocycles. The molecule has 0 radical (unpaired) electrons. The van der Waals surface area contributed by atoms with E-state index in [1.165, 1.54) is 6.20 Å². The summed E-state index contributed by atoms with van der Waals surface area (Å²) in [5, 5.41) is 9.89. The first-order chi connectivity index (χ1) is 11.0. The monoisotopic (exact) mass is 390 g/mol. The number of rotatable bonds is 7. The smallest absolute Gasteiger partial charge is 0.304 e. The number of hydrogen-bond acceptors (Lipinski definition) is 4. The van der Waals surface area contributed by atoms with Crippen LogP contribution in [0.15, 0.2) is 36.7 Å². The van der Waals surface area contributed by atoms with E-state index in [9.17, 15) is 4.79 Å². The molecule has 5 nitrogen and oxygen atoms in total. The van der Waals surface area contributed by atoms with Crippen LogP contribution in [0, 0.1) is 0 Å². The lowest BCUT2D eigenvalue weighted by Gasteiger charge is -2.15. The van der Waals surface area contributed by atoms with E-state index in [0.29, 0.717) is 15.8 Å². The number of pyridine rings is 1. The molecular weight excluding hydrogens is 375 g/mol. The highest BCUT2D eigenvalue weighted by atomic mass is 35.5. The Bertz CT molecular complexity index is 698. The summed E-state index contributed by atoms with van der Waals surface area (Å²) in [4.78, 5) is 14.8. The van der Waals surface area contributed by atoms with Crippen LogP contribution in [0.25, 0.3) is 0 Å². The number of halogens is 3. The largest absolute Gasteiger partial charge is 0.487 e. The molecule has 1 aromatic heterocycles. The van der Waals surface area contributed by atoms with Crippen molar-refractivity contribution < 1.29 is 14.6 Å². The maximum absolute atomic E-state index is 10.9. The van der Waals surface area contributed by atoms with Crippen LogP contribution in [-0.4, -0.2) is 22.6 Å². The predicted octanol–water partition coefficient (Wildman–Crippen LogP) is 3.91. The van der Waals surface area contributed by atoms with Gasteiger partial charge in [-0.3, -0.25) is 9.78 Å². The molecule has 0 unspecified atom stereocenters. The van der Waals surface area contributed by atoms with Crippen molar-refractivity contribution in [2.45, 2.75) is 18.9 Å².